The average Bonchev–Trinajstić information content (AvgIpc) is 2.90. The highest BCUT2D eigenvalue weighted by Crippen LogP contribution is 2.20. The Morgan fingerprint density at radius 3 is 2.65 bits per heavy atom. The Labute approximate surface area is 119 Å². The summed E-state index contributed by atoms with van der Waals surface area (Å²) in [4.78, 5) is 0. The molecule has 0 aliphatic heterocycles. The summed E-state index contributed by atoms with van der Waals surface area (Å²) >= 11 is 0. The maximum atomic E-state index is 5.39. The minimum Gasteiger partial charge on any atom is -0.481 e. The molecule has 2 heterocycles. The Kier molecular flexibility index (Phi) is 4.44. The predicted octanol–water partition coefficient (Wildman–Crippen LogP) is 1.32. The second-order valence-corrected chi connectivity index (χ2v) is 4.93. The van der Waals surface area contributed by atoms with Crippen molar-refractivity contribution in [3.8, 4) is 5.88 Å². The summed E-state index contributed by atoms with van der Waals surface area (Å²) in [6, 6.07) is 0. The molecular formula is C14H23N5O. The van der Waals surface area contributed by atoms with Gasteiger partial charge in [0, 0.05) is 38.9 Å². The Morgan fingerprint density at radius 1 is 1.25 bits per heavy atom. The summed E-state index contributed by atoms with van der Waals surface area (Å²) in [5.41, 5.74) is 4.50. The highest BCUT2D eigenvalue weighted by atomic mass is 16.5. The quantitative estimate of drug-likeness (QED) is 0.865. The summed E-state index contributed by atoms with van der Waals surface area (Å²) in [6.45, 7) is 5.66. The molecule has 0 spiro atoms. The highest BCUT2D eigenvalue weighted by Gasteiger charge is 2.13. The maximum Gasteiger partial charge on any atom is 0.216 e. The second kappa shape index (κ2) is 6.09. The van der Waals surface area contributed by atoms with Crippen molar-refractivity contribution in [2.45, 2.75) is 33.4 Å². The van der Waals surface area contributed by atoms with Crippen molar-refractivity contribution in [3.63, 3.8) is 0 Å². The van der Waals surface area contributed by atoms with Crippen molar-refractivity contribution in [2.75, 3.05) is 7.11 Å². The van der Waals surface area contributed by atoms with Gasteiger partial charge in [-0.05, 0) is 13.3 Å². The third-order valence-corrected chi connectivity index (χ3v) is 3.43. The fourth-order valence-corrected chi connectivity index (χ4v) is 2.49. The van der Waals surface area contributed by atoms with Crippen LogP contribution in [0.15, 0.2) is 6.20 Å². The van der Waals surface area contributed by atoms with Crippen LogP contribution in [0.5, 0.6) is 5.88 Å². The molecule has 0 aliphatic rings. The van der Waals surface area contributed by atoms with E-state index in [1.54, 1.807) is 11.8 Å². The predicted molar refractivity (Wildman–Crippen MR) is 77.6 cm³/mol. The number of aryl methyl sites for hydroxylation is 4. The normalized spacial score (nSPS) is 11.1. The lowest BCUT2D eigenvalue weighted by Gasteiger charge is -2.07. The molecular weight excluding hydrogens is 254 g/mol. The van der Waals surface area contributed by atoms with Crippen molar-refractivity contribution in [3.05, 3.63) is 28.7 Å². The summed E-state index contributed by atoms with van der Waals surface area (Å²) in [6.07, 6.45) is 3.02. The van der Waals surface area contributed by atoms with Gasteiger partial charge in [0.05, 0.1) is 24.1 Å². The Hall–Kier alpha value is -1.82. The summed E-state index contributed by atoms with van der Waals surface area (Å²) in [5.74, 6) is 0.817. The minimum atomic E-state index is 0.737. The number of hydrogen-bond acceptors (Lipinski definition) is 4. The van der Waals surface area contributed by atoms with Gasteiger partial charge in [-0.2, -0.15) is 10.2 Å². The Bertz CT molecular complexity index is 585. The largest absolute Gasteiger partial charge is 0.481 e. The molecule has 2 aromatic heterocycles. The van der Waals surface area contributed by atoms with Crippen LogP contribution in [-0.2, 0) is 33.6 Å². The van der Waals surface area contributed by atoms with E-state index in [4.69, 9.17) is 4.74 Å². The summed E-state index contributed by atoms with van der Waals surface area (Å²) < 4.78 is 9.03. The van der Waals surface area contributed by atoms with Crippen LogP contribution in [-0.4, -0.2) is 26.7 Å². The molecule has 0 saturated carbocycles. The number of methoxy groups -OCH3 is 1. The van der Waals surface area contributed by atoms with Gasteiger partial charge in [0.15, 0.2) is 0 Å². The molecule has 6 heteroatoms. The van der Waals surface area contributed by atoms with Gasteiger partial charge < -0.3 is 10.1 Å². The first-order chi connectivity index (χ1) is 9.56. The lowest BCUT2D eigenvalue weighted by molar-refractivity contribution is 0.368. The van der Waals surface area contributed by atoms with Gasteiger partial charge in [-0.1, -0.05) is 6.92 Å². The van der Waals surface area contributed by atoms with Gasteiger partial charge in [0.2, 0.25) is 5.88 Å². The van der Waals surface area contributed by atoms with Gasteiger partial charge in [-0.3, -0.25) is 4.68 Å². The van der Waals surface area contributed by atoms with E-state index in [0.717, 1.165) is 42.3 Å². The zero-order valence-corrected chi connectivity index (χ0v) is 12.9. The molecule has 2 aromatic rings. The molecule has 0 amide bonds. The van der Waals surface area contributed by atoms with Gasteiger partial charge in [0.25, 0.3) is 0 Å². The van der Waals surface area contributed by atoms with E-state index in [0.29, 0.717) is 0 Å². The molecule has 0 fully saturated rings. The zero-order valence-electron chi connectivity index (χ0n) is 12.9. The fraction of sp³-hybridized carbons (Fsp3) is 0.571. The Morgan fingerprint density at radius 2 is 2.00 bits per heavy atom. The van der Waals surface area contributed by atoms with Crippen molar-refractivity contribution in [1.29, 1.82) is 0 Å². The van der Waals surface area contributed by atoms with Gasteiger partial charge >= 0.3 is 0 Å². The fourth-order valence-electron chi connectivity index (χ4n) is 2.49. The number of hydrogen-bond donors (Lipinski definition) is 1. The van der Waals surface area contributed by atoms with Gasteiger partial charge in [0.1, 0.15) is 0 Å². The van der Waals surface area contributed by atoms with Crippen LogP contribution < -0.4 is 10.1 Å². The molecule has 2 rings (SSSR count). The molecule has 0 aliphatic carbocycles. The van der Waals surface area contributed by atoms with Gasteiger partial charge in [-0.25, -0.2) is 4.68 Å². The number of nitrogens with one attached hydrogen (secondary N) is 1. The van der Waals surface area contributed by atoms with Crippen molar-refractivity contribution < 1.29 is 4.74 Å². The molecule has 0 radical (unpaired) electrons. The lowest BCUT2D eigenvalue weighted by Crippen LogP contribution is -2.14. The van der Waals surface area contributed by atoms with E-state index in [2.05, 4.69) is 28.6 Å². The molecule has 6 nitrogen and oxygen atoms in total. The molecule has 0 unspecified atom stereocenters. The smallest absolute Gasteiger partial charge is 0.216 e. The van der Waals surface area contributed by atoms with E-state index in [1.807, 2.05) is 25.7 Å². The molecule has 0 bridgehead atoms. The molecule has 110 valence electrons. The number of nitrogens with zero attached hydrogens (tertiary/aromatic N) is 4. The van der Waals surface area contributed by atoms with Crippen molar-refractivity contribution in [2.24, 2.45) is 14.1 Å². The standard InChI is InChI=1S/C14H23N5O/c1-6-13-11(9-18(3)17-13)7-15-8-12-10(2)16-19(4)14(12)20-5/h9,15H,6-8H2,1-5H3. The van der Waals surface area contributed by atoms with E-state index in [-0.39, 0.29) is 0 Å². The third kappa shape index (κ3) is 2.85. The van der Waals surface area contributed by atoms with Crippen LogP contribution in [0.25, 0.3) is 0 Å². The van der Waals surface area contributed by atoms with Crippen LogP contribution in [0.4, 0.5) is 0 Å². The number of ether oxygens (including phenoxy) is 1. The monoisotopic (exact) mass is 277 g/mol. The second-order valence-electron chi connectivity index (χ2n) is 4.93. The van der Waals surface area contributed by atoms with Crippen LogP contribution in [0, 0.1) is 6.92 Å². The molecule has 0 saturated heterocycles. The first-order valence-corrected chi connectivity index (χ1v) is 6.85. The first kappa shape index (κ1) is 14.6. The Balaban J connectivity index is 2.03. The number of rotatable bonds is 6. The van der Waals surface area contributed by atoms with E-state index < -0.39 is 0 Å². The number of aromatic nitrogens is 4. The van der Waals surface area contributed by atoms with Crippen molar-refractivity contribution >= 4 is 0 Å². The molecule has 20 heavy (non-hydrogen) atoms. The molecule has 1 N–H and O–H groups in total. The zero-order chi connectivity index (χ0) is 14.7. The topological polar surface area (TPSA) is 56.9 Å². The lowest BCUT2D eigenvalue weighted by atomic mass is 10.2. The van der Waals surface area contributed by atoms with Crippen LogP contribution in [0.3, 0.4) is 0 Å². The van der Waals surface area contributed by atoms with Crippen molar-refractivity contribution in [1.82, 2.24) is 24.9 Å². The van der Waals surface area contributed by atoms with E-state index in [9.17, 15) is 0 Å². The van der Waals surface area contributed by atoms with Crippen LogP contribution >= 0.6 is 0 Å². The third-order valence-electron chi connectivity index (χ3n) is 3.43. The van der Waals surface area contributed by atoms with E-state index in [1.165, 1.54) is 5.56 Å². The van der Waals surface area contributed by atoms with Gasteiger partial charge in [-0.15, -0.1) is 0 Å². The first-order valence-electron chi connectivity index (χ1n) is 6.85. The van der Waals surface area contributed by atoms with E-state index >= 15 is 0 Å². The minimum absolute atomic E-state index is 0.737. The van der Waals surface area contributed by atoms with Crippen LogP contribution in [0.2, 0.25) is 0 Å². The summed E-state index contributed by atoms with van der Waals surface area (Å²) in [5, 5.41) is 12.3. The average molecular weight is 277 g/mol. The molecule has 0 atom stereocenters. The van der Waals surface area contributed by atoms with Crippen LogP contribution in [0.1, 0.15) is 29.4 Å². The SMILES string of the molecule is CCc1nn(C)cc1CNCc1c(C)nn(C)c1OC. The molecule has 0 aromatic carbocycles. The summed E-state index contributed by atoms with van der Waals surface area (Å²) in [7, 11) is 5.53. The maximum absolute atomic E-state index is 5.39. The highest BCUT2D eigenvalue weighted by molar-refractivity contribution is 5.30.